The summed E-state index contributed by atoms with van der Waals surface area (Å²) in [6, 6.07) is 8.69. The fourth-order valence-electron chi connectivity index (χ4n) is 3.68. The molecular weight excluding hydrogens is 505 g/mol. The molecule has 2 unspecified atom stereocenters. The minimum absolute atomic E-state index is 0. The molecule has 0 radical (unpaired) electrons. The average molecular weight is 541 g/mol. The van der Waals surface area contributed by atoms with Crippen LogP contribution in [0.3, 0.4) is 0 Å². The van der Waals surface area contributed by atoms with Gasteiger partial charge < -0.3 is 19.9 Å². The normalized spacial score (nSPS) is 19.2. The summed E-state index contributed by atoms with van der Waals surface area (Å²) in [5.74, 6) is 3.00. The van der Waals surface area contributed by atoms with Gasteiger partial charge in [0.2, 0.25) is 5.89 Å². The summed E-state index contributed by atoms with van der Waals surface area (Å²) < 4.78 is 11.4. The lowest BCUT2D eigenvalue weighted by Crippen LogP contribution is -2.42. The molecule has 7 nitrogen and oxygen atoms in total. The second kappa shape index (κ2) is 13.0. The van der Waals surface area contributed by atoms with Gasteiger partial charge in [0.15, 0.2) is 11.8 Å². The number of nitrogens with zero attached hydrogens (tertiary/aromatic N) is 3. The number of aryl methyl sites for hydroxylation is 2. The van der Waals surface area contributed by atoms with Gasteiger partial charge in [0, 0.05) is 45.0 Å². The van der Waals surface area contributed by atoms with E-state index in [1.54, 1.807) is 7.05 Å². The van der Waals surface area contributed by atoms with Gasteiger partial charge in [-0.2, -0.15) is 4.98 Å². The summed E-state index contributed by atoms with van der Waals surface area (Å²) in [5.41, 5.74) is 2.53. The Morgan fingerprint density at radius 3 is 2.68 bits per heavy atom. The molecule has 0 amide bonds. The van der Waals surface area contributed by atoms with Gasteiger partial charge in [-0.1, -0.05) is 48.8 Å². The number of guanidine groups is 1. The first-order valence-electron chi connectivity index (χ1n) is 11.0. The largest absolute Gasteiger partial charge is 0.373 e. The SMILES string of the molecule is CN=C(NCCCc1nc(C(C)C)no1)NCC1CCCOC1c1ccc(C)cc1.I. The van der Waals surface area contributed by atoms with Gasteiger partial charge >= 0.3 is 0 Å². The molecule has 1 aromatic heterocycles. The third kappa shape index (κ3) is 7.75. The molecule has 1 aliphatic heterocycles. The highest BCUT2D eigenvalue weighted by Gasteiger charge is 2.27. The van der Waals surface area contributed by atoms with Gasteiger partial charge in [0.1, 0.15) is 0 Å². The highest BCUT2D eigenvalue weighted by atomic mass is 127. The Morgan fingerprint density at radius 2 is 2.00 bits per heavy atom. The van der Waals surface area contributed by atoms with Crippen LogP contribution >= 0.6 is 24.0 Å². The van der Waals surface area contributed by atoms with Gasteiger partial charge in [0.05, 0.1) is 6.10 Å². The van der Waals surface area contributed by atoms with Crippen LogP contribution in [-0.2, 0) is 11.2 Å². The molecule has 2 atom stereocenters. The zero-order valence-corrected chi connectivity index (χ0v) is 21.4. The number of aliphatic imine (C=N–C) groups is 1. The van der Waals surface area contributed by atoms with Crippen molar-refractivity contribution in [1.29, 1.82) is 0 Å². The Morgan fingerprint density at radius 1 is 1.23 bits per heavy atom. The maximum absolute atomic E-state index is 6.13. The molecule has 0 spiro atoms. The number of nitrogens with one attached hydrogen (secondary N) is 2. The smallest absolute Gasteiger partial charge is 0.226 e. The first-order valence-corrected chi connectivity index (χ1v) is 11.0. The fourth-order valence-corrected chi connectivity index (χ4v) is 3.68. The van der Waals surface area contributed by atoms with E-state index in [2.05, 4.69) is 70.8 Å². The van der Waals surface area contributed by atoms with Crippen molar-refractivity contribution in [3.63, 3.8) is 0 Å². The second-order valence-corrected chi connectivity index (χ2v) is 8.29. The van der Waals surface area contributed by atoms with Crippen LogP contribution in [0, 0.1) is 12.8 Å². The summed E-state index contributed by atoms with van der Waals surface area (Å²) in [6.07, 6.45) is 4.05. The zero-order chi connectivity index (χ0) is 21.3. The Hall–Kier alpha value is -1.68. The number of hydrogen-bond donors (Lipinski definition) is 2. The van der Waals surface area contributed by atoms with E-state index >= 15 is 0 Å². The van der Waals surface area contributed by atoms with Crippen LogP contribution in [0.2, 0.25) is 0 Å². The third-order valence-corrected chi connectivity index (χ3v) is 5.47. The topological polar surface area (TPSA) is 84.6 Å². The number of aromatic nitrogens is 2. The Bertz CT molecular complexity index is 807. The zero-order valence-electron chi connectivity index (χ0n) is 19.1. The van der Waals surface area contributed by atoms with Crippen molar-refractivity contribution in [3.05, 3.63) is 47.1 Å². The monoisotopic (exact) mass is 541 g/mol. The van der Waals surface area contributed by atoms with E-state index in [9.17, 15) is 0 Å². The van der Waals surface area contributed by atoms with E-state index in [4.69, 9.17) is 9.26 Å². The van der Waals surface area contributed by atoms with E-state index in [1.165, 1.54) is 11.1 Å². The van der Waals surface area contributed by atoms with E-state index < -0.39 is 0 Å². The van der Waals surface area contributed by atoms with Crippen LogP contribution < -0.4 is 10.6 Å². The fraction of sp³-hybridized carbons (Fsp3) is 0.609. The van der Waals surface area contributed by atoms with Gasteiger partial charge in [-0.15, -0.1) is 24.0 Å². The van der Waals surface area contributed by atoms with E-state index in [1.807, 2.05) is 0 Å². The van der Waals surface area contributed by atoms with Crippen molar-refractivity contribution in [2.24, 2.45) is 10.9 Å². The molecule has 2 aromatic rings. The van der Waals surface area contributed by atoms with E-state index in [-0.39, 0.29) is 36.0 Å². The van der Waals surface area contributed by atoms with Crippen LogP contribution in [0.1, 0.15) is 68.0 Å². The highest BCUT2D eigenvalue weighted by Crippen LogP contribution is 2.33. The molecule has 8 heteroatoms. The van der Waals surface area contributed by atoms with Crippen LogP contribution in [-0.4, -0.2) is 42.8 Å². The van der Waals surface area contributed by atoms with Gasteiger partial charge in [-0.25, -0.2) is 0 Å². The minimum atomic E-state index is 0. The first kappa shape index (κ1) is 25.6. The molecule has 2 heterocycles. The summed E-state index contributed by atoms with van der Waals surface area (Å²) in [4.78, 5) is 8.78. The van der Waals surface area contributed by atoms with Crippen LogP contribution in [0.5, 0.6) is 0 Å². The maximum Gasteiger partial charge on any atom is 0.226 e. The van der Waals surface area contributed by atoms with Gasteiger partial charge in [0.25, 0.3) is 0 Å². The van der Waals surface area contributed by atoms with Gasteiger partial charge in [-0.05, 0) is 31.7 Å². The molecule has 0 saturated carbocycles. The highest BCUT2D eigenvalue weighted by molar-refractivity contribution is 14.0. The molecule has 31 heavy (non-hydrogen) atoms. The number of hydrogen-bond acceptors (Lipinski definition) is 5. The van der Waals surface area contributed by atoms with Crippen LogP contribution in [0.25, 0.3) is 0 Å². The lowest BCUT2D eigenvalue weighted by molar-refractivity contribution is -0.0265. The average Bonchev–Trinajstić information content (AvgIpc) is 3.23. The van der Waals surface area contributed by atoms with Crippen molar-refractivity contribution >= 4 is 29.9 Å². The number of benzene rings is 1. The number of halogens is 1. The van der Waals surface area contributed by atoms with E-state index in [0.29, 0.717) is 11.8 Å². The molecule has 1 fully saturated rings. The summed E-state index contributed by atoms with van der Waals surface area (Å²) >= 11 is 0. The molecule has 1 saturated heterocycles. The van der Waals surface area contributed by atoms with Gasteiger partial charge in [-0.3, -0.25) is 4.99 Å². The second-order valence-electron chi connectivity index (χ2n) is 8.29. The molecule has 0 aliphatic carbocycles. The predicted octanol–water partition coefficient (Wildman–Crippen LogP) is 4.38. The molecular formula is C23H36IN5O2. The Labute approximate surface area is 202 Å². The quantitative estimate of drug-likeness (QED) is 0.223. The number of ether oxygens (including phenoxy) is 1. The molecule has 0 bridgehead atoms. The molecule has 1 aliphatic rings. The lowest BCUT2D eigenvalue weighted by atomic mass is 9.89. The van der Waals surface area contributed by atoms with Crippen molar-refractivity contribution < 1.29 is 9.26 Å². The van der Waals surface area contributed by atoms with Crippen LogP contribution in [0.4, 0.5) is 0 Å². The molecule has 172 valence electrons. The first-order chi connectivity index (χ1) is 14.6. The molecule has 1 aromatic carbocycles. The lowest BCUT2D eigenvalue weighted by Gasteiger charge is -2.32. The standard InChI is InChI=1S/C23H35N5O2.HI/c1-16(2)22-27-20(30-28-22)8-5-13-25-23(24-4)26-15-19-7-6-14-29-21(19)18-11-9-17(3)10-12-18;/h9-12,16,19,21H,5-8,13-15H2,1-4H3,(H2,24,25,26);1H. The third-order valence-electron chi connectivity index (χ3n) is 5.47. The van der Waals surface area contributed by atoms with Crippen molar-refractivity contribution in [2.45, 2.75) is 58.5 Å². The van der Waals surface area contributed by atoms with E-state index in [0.717, 1.165) is 57.2 Å². The Kier molecular flexibility index (Phi) is 10.7. The molecule has 2 N–H and O–H groups in total. The van der Waals surface area contributed by atoms with Crippen molar-refractivity contribution in [3.8, 4) is 0 Å². The minimum Gasteiger partial charge on any atom is -0.373 e. The Balaban J connectivity index is 0.00000341. The maximum atomic E-state index is 6.13. The summed E-state index contributed by atoms with van der Waals surface area (Å²) in [6.45, 7) is 8.69. The van der Waals surface area contributed by atoms with Crippen molar-refractivity contribution in [2.75, 3.05) is 26.7 Å². The summed E-state index contributed by atoms with van der Waals surface area (Å²) in [5, 5.41) is 10.9. The van der Waals surface area contributed by atoms with Crippen molar-refractivity contribution in [1.82, 2.24) is 20.8 Å². The molecule has 3 rings (SSSR count). The summed E-state index contributed by atoms with van der Waals surface area (Å²) in [7, 11) is 1.80. The van der Waals surface area contributed by atoms with Crippen LogP contribution in [0.15, 0.2) is 33.8 Å². The predicted molar refractivity (Wildman–Crippen MR) is 134 cm³/mol. The number of rotatable bonds is 8.